The number of halogens is 1. The van der Waals surface area contributed by atoms with E-state index in [9.17, 15) is 4.79 Å². The molecule has 0 spiro atoms. The normalized spacial score (nSPS) is 11.4. The van der Waals surface area contributed by atoms with E-state index in [1.807, 2.05) is 40.2 Å². The van der Waals surface area contributed by atoms with Crippen LogP contribution in [0.3, 0.4) is 0 Å². The molecule has 0 radical (unpaired) electrons. The van der Waals surface area contributed by atoms with Gasteiger partial charge in [-0.2, -0.15) is 0 Å². The molecule has 6 heteroatoms. The number of fused-ring (bicyclic) bond motifs is 1. The van der Waals surface area contributed by atoms with Crippen LogP contribution >= 0.6 is 22.9 Å². The van der Waals surface area contributed by atoms with E-state index in [2.05, 4.69) is 17.2 Å². The van der Waals surface area contributed by atoms with Gasteiger partial charge in [-0.1, -0.05) is 30.7 Å². The summed E-state index contributed by atoms with van der Waals surface area (Å²) in [6.07, 6.45) is 5.95. The van der Waals surface area contributed by atoms with E-state index in [-0.39, 0.29) is 5.91 Å². The highest BCUT2D eigenvalue weighted by Crippen LogP contribution is 2.22. The average Bonchev–Trinajstić information content (AvgIpc) is 3.06. The summed E-state index contributed by atoms with van der Waals surface area (Å²) in [5, 5.41) is 5.16. The van der Waals surface area contributed by atoms with Crippen LogP contribution in [0, 0.1) is 0 Å². The van der Waals surface area contributed by atoms with Crippen LogP contribution in [0.2, 0.25) is 5.15 Å². The van der Waals surface area contributed by atoms with Crippen LogP contribution in [-0.4, -0.2) is 15.3 Å². The fraction of sp³-hybridized carbons (Fsp3) is 0.125. The number of imidazole rings is 1. The highest BCUT2D eigenvalue weighted by Gasteiger charge is 2.08. The van der Waals surface area contributed by atoms with Gasteiger partial charge in [0, 0.05) is 23.3 Å². The Labute approximate surface area is 137 Å². The summed E-state index contributed by atoms with van der Waals surface area (Å²) >= 11 is 7.58. The van der Waals surface area contributed by atoms with E-state index in [1.54, 1.807) is 6.08 Å². The number of rotatable bonds is 4. The van der Waals surface area contributed by atoms with Crippen molar-refractivity contribution in [2.75, 3.05) is 5.32 Å². The predicted molar refractivity (Wildman–Crippen MR) is 91.6 cm³/mol. The minimum absolute atomic E-state index is 0.200. The van der Waals surface area contributed by atoms with Gasteiger partial charge >= 0.3 is 0 Å². The average molecular weight is 332 g/mol. The zero-order chi connectivity index (χ0) is 15.5. The van der Waals surface area contributed by atoms with Crippen molar-refractivity contribution in [3.63, 3.8) is 0 Å². The summed E-state index contributed by atoms with van der Waals surface area (Å²) in [6, 6.07) is 7.80. The molecule has 0 saturated heterocycles. The minimum Gasteiger partial charge on any atom is -0.323 e. The number of aromatic nitrogens is 2. The SMILES string of the molecule is CCc1cccc(NC(=O)/C=C/c2c(Cl)nc3sccn23)c1. The van der Waals surface area contributed by atoms with Crippen LogP contribution in [0.5, 0.6) is 0 Å². The van der Waals surface area contributed by atoms with Crippen LogP contribution in [-0.2, 0) is 11.2 Å². The summed E-state index contributed by atoms with van der Waals surface area (Å²) in [5.74, 6) is -0.200. The summed E-state index contributed by atoms with van der Waals surface area (Å²) in [5.41, 5.74) is 2.67. The molecule has 0 unspecified atom stereocenters. The number of thiazole rings is 1. The molecule has 3 aromatic rings. The van der Waals surface area contributed by atoms with Gasteiger partial charge in [-0.3, -0.25) is 9.20 Å². The maximum absolute atomic E-state index is 12.0. The van der Waals surface area contributed by atoms with Crippen LogP contribution in [0.4, 0.5) is 5.69 Å². The number of amides is 1. The minimum atomic E-state index is -0.200. The van der Waals surface area contributed by atoms with Crippen molar-refractivity contribution >= 4 is 45.6 Å². The second-order valence-electron chi connectivity index (χ2n) is 4.72. The number of benzene rings is 1. The van der Waals surface area contributed by atoms with Gasteiger partial charge in [-0.25, -0.2) is 4.98 Å². The van der Waals surface area contributed by atoms with E-state index < -0.39 is 0 Å². The van der Waals surface area contributed by atoms with Crippen molar-refractivity contribution in [1.29, 1.82) is 0 Å². The quantitative estimate of drug-likeness (QED) is 0.726. The summed E-state index contributed by atoms with van der Waals surface area (Å²) in [7, 11) is 0. The summed E-state index contributed by atoms with van der Waals surface area (Å²) in [6.45, 7) is 2.08. The third-order valence-electron chi connectivity index (χ3n) is 3.25. The molecule has 22 heavy (non-hydrogen) atoms. The number of hydrogen-bond donors (Lipinski definition) is 1. The number of anilines is 1. The molecule has 0 aliphatic carbocycles. The van der Waals surface area contributed by atoms with Gasteiger partial charge < -0.3 is 5.32 Å². The second-order valence-corrected chi connectivity index (χ2v) is 5.95. The van der Waals surface area contributed by atoms with Gasteiger partial charge in [-0.15, -0.1) is 11.3 Å². The number of carbonyl (C=O) groups is 1. The first kappa shape index (κ1) is 14.8. The molecule has 1 amide bonds. The van der Waals surface area contributed by atoms with Gasteiger partial charge in [0.25, 0.3) is 0 Å². The fourth-order valence-corrected chi connectivity index (χ4v) is 3.14. The van der Waals surface area contributed by atoms with Crippen LogP contribution in [0.1, 0.15) is 18.2 Å². The Kier molecular flexibility index (Phi) is 4.27. The Balaban J connectivity index is 1.76. The molecule has 2 aromatic heterocycles. The monoisotopic (exact) mass is 331 g/mol. The van der Waals surface area contributed by atoms with Crippen LogP contribution in [0.25, 0.3) is 11.0 Å². The predicted octanol–water partition coefficient (Wildman–Crippen LogP) is 4.26. The maximum Gasteiger partial charge on any atom is 0.248 e. The van der Waals surface area contributed by atoms with Crippen molar-refractivity contribution in [1.82, 2.24) is 9.38 Å². The first-order valence-corrected chi connectivity index (χ1v) is 8.12. The highest BCUT2D eigenvalue weighted by molar-refractivity contribution is 7.15. The lowest BCUT2D eigenvalue weighted by Gasteiger charge is -2.04. The highest BCUT2D eigenvalue weighted by atomic mass is 35.5. The molecule has 0 bridgehead atoms. The largest absolute Gasteiger partial charge is 0.323 e. The topological polar surface area (TPSA) is 46.4 Å². The number of aryl methyl sites for hydroxylation is 1. The number of nitrogens with one attached hydrogen (secondary N) is 1. The van der Waals surface area contributed by atoms with E-state index in [0.29, 0.717) is 10.8 Å². The molecule has 1 aromatic carbocycles. The van der Waals surface area contributed by atoms with Crippen LogP contribution < -0.4 is 5.32 Å². The number of nitrogens with zero attached hydrogens (tertiary/aromatic N) is 2. The van der Waals surface area contributed by atoms with E-state index in [1.165, 1.54) is 23.0 Å². The van der Waals surface area contributed by atoms with Crippen LogP contribution in [0.15, 0.2) is 41.9 Å². The molecule has 0 atom stereocenters. The lowest BCUT2D eigenvalue weighted by molar-refractivity contribution is -0.111. The molecular formula is C16H14ClN3OS. The van der Waals surface area contributed by atoms with Gasteiger partial charge in [0.1, 0.15) is 0 Å². The maximum atomic E-state index is 12.0. The van der Waals surface area contributed by atoms with Crippen molar-refractivity contribution in [2.24, 2.45) is 0 Å². The second kappa shape index (κ2) is 6.34. The van der Waals surface area contributed by atoms with E-state index in [4.69, 9.17) is 11.6 Å². The molecule has 3 rings (SSSR count). The molecule has 1 N–H and O–H groups in total. The first-order valence-electron chi connectivity index (χ1n) is 6.86. The summed E-state index contributed by atoms with van der Waals surface area (Å²) < 4.78 is 1.86. The molecule has 4 nitrogen and oxygen atoms in total. The lowest BCUT2D eigenvalue weighted by atomic mass is 10.1. The van der Waals surface area contributed by atoms with E-state index in [0.717, 1.165) is 17.1 Å². The molecule has 112 valence electrons. The third kappa shape index (κ3) is 3.05. The standard InChI is InChI=1S/C16H14ClN3OS/c1-2-11-4-3-5-12(10-11)18-14(21)7-6-13-15(17)19-16-20(13)8-9-22-16/h3-10H,2H2,1H3,(H,18,21)/b7-6+. The molecule has 0 aliphatic rings. The van der Waals surface area contributed by atoms with Crippen molar-refractivity contribution < 1.29 is 4.79 Å². The Morgan fingerprint density at radius 1 is 1.50 bits per heavy atom. The van der Waals surface area contributed by atoms with Gasteiger partial charge in [0.2, 0.25) is 5.91 Å². The molecule has 0 aliphatic heterocycles. The van der Waals surface area contributed by atoms with Crippen molar-refractivity contribution in [3.8, 4) is 0 Å². The Bertz CT molecular complexity index is 850. The Hall–Kier alpha value is -2.11. The molecule has 0 fully saturated rings. The Morgan fingerprint density at radius 3 is 3.18 bits per heavy atom. The smallest absolute Gasteiger partial charge is 0.248 e. The number of carbonyl (C=O) groups excluding carboxylic acids is 1. The zero-order valence-corrected chi connectivity index (χ0v) is 13.5. The first-order chi connectivity index (χ1) is 10.7. The molecule has 2 heterocycles. The molecule has 0 saturated carbocycles. The van der Waals surface area contributed by atoms with Crippen molar-refractivity contribution in [2.45, 2.75) is 13.3 Å². The lowest BCUT2D eigenvalue weighted by Crippen LogP contribution is -2.07. The third-order valence-corrected chi connectivity index (χ3v) is 4.28. The zero-order valence-electron chi connectivity index (χ0n) is 11.9. The number of hydrogen-bond acceptors (Lipinski definition) is 3. The molecular weight excluding hydrogens is 318 g/mol. The van der Waals surface area contributed by atoms with E-state index >= 15 is 0 Å². The van der Waals surface area contributed by atoms with Gasteiger partial charge in [0.05, 0.1) is 5.69 Å². The summed E-state index contributed by atoms with van der Waals surface area (Å²) in [4.78, 5) is 17.1. The van der Waals surface area contributed by atoms with Gasteiger partial charge in [-0.05, 0) is 30.2 Å². The fourth-order valence-electron chi connectivity index (χ4n) is 2.13. The van der Waals surface area contributed by atoms with Crippen molar-refractivity contribution in [3.05, 3.63) is 58.3 Å². The van der Waals surface area contributed by atoms with Gasteiger partial charge in [0.15, 0.2) is 10.1 Å². The Morgan fingerprint density at radius 2 is 2.36 bits per heavy atom.